The van der Waals surface area contributed by atoms with Gasteiger partial charge >= 0.3 is 0 Å². The Morgan fingerprint density at radius 1 is 1.37 bits per heavy atom. The lowest BCUT2D eigenvalue weighted by molar-refractivity contribution is 0.415. The summed E-state index contributed by atoms with van der Waals surface area (Å²) in [6.45, 7) is 0. The number of aromatic nitrogens is 3. The number of hydrogen-bond acceptors (Lipinski definition) is 5. The molecule has 1 aromatic heterocycles. The van der Waals surface area contributed by atoms with Crippen LogP contribution in [0.25, 0.3) is 12.2 Å². The molecule has 0 saturated heterocycles. The van der Waals surface area contributed by atoms with Gasteiger partial charge in [-0.3, -0.25) is 9.89 Å². The van der Waals surface area contributed by atoms with Crippen LogP contribution in [0.15, 0.2) is 29.1 Å². The van der Waals surface area contributed by atoms with Crippen LogP contribution in [0.5, 0.6) is 5.75 Å². The number of hydrogen-bond donors (Lipinski definition) is 2. The molecule has 0 saturated carbocycles. The van der Waals surface area contributed by atoms with E-state index in [1.807, 2.05) is 24.3 Å². The first-order chi connectivity index (χ1) is 9.11. The Kier molecular flexibility index (Phi) is 3.76. The third kappa shape index (κ3) is 2.89. The number of ether oxygens (including phenoxy) is 1. The van der Waals surface area contributed by atoms with E-state index in [1.165, 1.54) is 0 Å². The minimum atomic E-state index is -0.450. The second kappa shape index (κ2) is 5.49. The summed E-state index contributed by atoms with van der Waals surface area (Å²) in [7, 11) is 1.60. The highest BCUT2D eigenvalue weighted by Crippen LogP contribution is 2.12. The molecule has 0 atom stereocenters. The van der Waals surface area contributed by atoms with E-state index in [2.05, 4.69) is 10.2 Å². The van der Waals surface area contributed by atoms with Gasteiger partial charge < -0.3 is 10.6 Å². The highest BCUT2D eigenvalue weighted by molar-refractivity contribution is 7.71. The molecule has 2 aromatic rings. The summed E-state index contributed by atoms with van der Waals surface area (Å²) in [5, 5.41) is 6.33. The summed E-state index contributed by atoms with van der Waals surface area (Å²) in [6, 6.07) is 7.38. The Morgan fingerprint density at radius 2 is 2.05 bits per heavy atom. The van der Waals surface area contributed by atoms with E-state index in [4.69, 9.17) is 22.8 Å². The smallest absolute Gasteiger partial charge is 0.298 e. The fraction of sp³-hybridized carbons (Fsp3) is 0.0833. The molecule has 3 N–H and O–H groups in total. The minimum Gasteiger partial charge on any atom is -0.497 e. The van der Waals surface area contributed by atoms with Crippen molar-refractivity contribution in [3.8, 4) is 5.75 Å². The summed E-state index contributed by atoms with van der Waals surface area (Å²) in [5.74, 6) is 6.23. The van der Waals surface area contributed by atoms with Gasteiger partial charge in [0.25, 0.3) is 5.56 Å². The summed E-state index contributed by atoms with van der Waals surface area (Å²) >= 11 is 4.79. The average molecular weight is 276 g/mol. The summed E-state index contributed by atoms with van der Waals surface area (Å²) in [5.41, 5.74) is 0.647. The molecular formula is C12H12N4O2S. The van der Waals surface area contributed by atoms with Gasteiger partial charge in [0.05, 0.1) is 7.11 Å². The Hall–Kier alpha value is -2.41. The van der Waals surface area contributed by atoms with Gasteiger partial charge in [0, 0.05) is 0 Å². The third-order valence-electron chi connectivity index (χ3n) is 2.48. The van der Waals surface area contributed by atoms with E-state index in [-0.39, 0.29) is 10.5 Å². The number of nitrogens with two attached hydrogens (primary N) is 1. The van der Waals surface area contributed by atoms with Gasteiger partial charge in [-0.25, -0.2) is 0 Å². The third-order valence-corrected chi connectivity index (χ3v) is 2.77. The van der Waals surface area contributed by atoms with Gasteiger partial charge in [0.1, 0.15) is 5.75 Å². The first-order valence-corrected chi connectivity index (χ1v) is 5.81. The van der Waals surface area contributed by atoms with Crippen LogP contribution in [-0.2, 0) is 0 Å². The van der Waals surface area contributed by atoms with E-state index in [1.54, 1.807) is 19.3 Å². The molecule has 0 fully saturated rings. The van der Waals surface area contributed by atoms with E-state index >= 15 is 0 Å². The zero-order valence-electron chi connectivity index (χ0n) is 10.2. The van der Waals surface area contributed by atoms with Gasteiger partial charge in [0.15, 0.2) is 5.69 Å². The zero-order valence-corrected chi connectivity index (χ0v) is 11.0. The van der Waals surface area contributed by atoms with Gasteiger partial charge in [-0.05, 0) is 36.0 Å². The maximum atomic E-state index is 11.7. The summed E-state index contributed by atoms with van der Waals surface area (Å²) < 4.78 is 5.98. The number of nitrogen functional groups attached to an aromatic ring is 1. The molecule has 1 aromatic carbocycles. The van der Waals surface area contributed by atoms with Crippen LogP contribution in [0.2, 0.25) is 0 Å². The standard InChI is InChI=1S/C12H12N4O2S/c1-18-9-5-2-8(3-6-9)4-7-10-11(17)16(13)12(19)15-14-10/h2-7H,13H2,1H3,(H,15,19). The first kappa shape index (κ1) is 13.0. The molecule has 19 heavy (non-hydrogen) atoms. The Balaban J connectivity index is 2.30. The van der Waals surface area contributed by atoms with Crippen molar-refractivity contribution in [1.29, 1.82) is 0 Å². The average Bonchev–Trinajstić information content (AvgIpc) is 2.45. The van der Waals surface area contributed by atoms with Crippen molar-refractivity contribution in [2.24, 2.45) is 0 Å². The van der Waals surface area contributed by atoms with Crippen LogP contribution in [-0.4, -0.2) is 22.0 Å². The number of benzene rings is 1. The van der Waals surface area contributed by atoms with Crippen LogP contribution >= 0.6 is 12.2 Å². The summed E-state index contributed by atoms with van der Waals surface area (Å²) in [4.78, 5) is 11.7. The molecule has 0 aliphatic heterocycles. The number of nitrogens with one attached hydrogen (secondary N) is 1. The lowest BCUT2D eigenvalue weighted by Gasteiger charge is -2.00. The fourth-order valence-corrected chi connectivity index (χ4v) is 1.55. The van der Waals surface area contributed by atoms with Crippen LogP contribution in [0.1, 0.15) is 11.3 Å². The molecule has 0 amide bonds. The minimum absolute atomic E-state index is 0.0756. The van der Waals surface area contributed by atoms with Crippen molar-refractivity contribution in [2.45, 2.75) is 0 Å². The largest absolute Gasteiger partial charge is 0.497 e. The lowest BCUT2D eigenvalue weighted by atomic mass is 10.2. The number of aromatic amines is 1. The topological polar surface area (TPSA) is 85.9 Å². The fourth-order valence-electron chi connectivity index (χ4n) is 1.42. The first-order valence-electron chi connectivity index (χ1n) is 5.41. The molecule has 0 unspecified atom stereocenters. The van der Waals surface area contributed by atoms with Crippen molar-refractivity contribution in [3.63, 3.8) is 0 Å². The number of H-pyrrole nitrogens is 1. The molecule has 0 radical (unpaired) electrons. The van der Waals surface area contributed by atoms with Gasteiger partial charge in [-0.15, -0.1) is 0 Å². The van der Waals surface area contributed by atoms with Crippen LogP contribution < -0.4 is 16.1 Å². The molecule has 0 spiro atoms. The quantitative estimate of drug-likeness (QED) is 0.649. The van der Waals surface area contributed by atoms with Gasteiger partial charge in [0.2, 0.25) is 4.77 Å². The van der Waals surface area contributed by atoms with Gasteiger partial charge in [-0.1, -0.05) is 18.2 Å². The number of rotatable bonds is 3. The molecular weight excluding hydrogens is 264 g/mol. The molecule has 98 valence electrons. The number of methoxy groups -OCH3 is 1. The van der Waals surface area contributed by atoms with Crippen LogP contribution in [0, 0.1) is 4.77 Å². The normalized spacial score (nSPS) is 10.8. The Bertz CT molecular complexity index is 716. The van der Waals surface area contributed by atoms with Crippen molar-refractivity contribution in [2.75, 3.05) is 13.0 Å². The van der Waals surface area contributed by atoms with E-state index < -0.39 is 5.56 Å². The SMILES string of the molecule is COc1ccc(C=Cc2n[nH]c(=S)n(N)c2=O)cc1. The van der Waals surface area contributed by atoms with Crippen molar-refractivity contribution in [3.05, 3.63) is 50.6 Å². The zero-order chi connectivity index (χ0) is 13.8. The van der Waals surface area contributed by atoms with Crippen molar-refractivity contribution in [1.82, 2.24) is 14.9 Å². The van der Waals surface area contributed by atoms with Crippen molar-refractivity contribution >= 4 is 24.4 Å². The van der Waals surface area contributed by atoms with Crippen LogP contribution in [0.4, 0.5) is 0 Å². The monoisotopic (exact) mass is 276 g/mol. The second-order valence-electron chi connectivity index (χ2n) is 3.70. The highest BCUT2D eigenvalue weighted by atomic mass is 32.1. The molecule has 2 rings (SSSR count). The highest BCUT2D eigenvalue weighted by Gasteiger charge is 2.01. The lowest BCUT2D eigenvalue weighted by Crippen LogP contribution is -2.31. The molecule has 6 nitrogen and oxygen atoms in total. The maximum absolute atomic E-state index is 11.7. The Morgan fingerprint density at radius 3 is 2.68 bits per heavy atom. The predicted octanol–water partition coefficient (Wildman–Crippen LogP) is 1.19. The van der Waals surface area contributed by atoms with Gasteiger partial charge in [-0.2, -0.15) is 9.77 Å². The van der Waals surface area contributed by atoms with E-state index in [9.17, 15) is 4.79 Å². The number of nitrogens with zero attached hydrogens (tertiary/aromatic N) is 2. The predicted molar refractivity (Wildman–Crippen MR) is 75.8 cm³/mol. The molecule has 0 aliphatic carbocycles. The van der Waals surface area contributed by atoms with E-state index in [0.717, 1.165) is 16.0 Å². The molecule has 0 aliphatic rings. The second-order valence-corrected chi connectivity index (χ2v) is 4.08. The Labute approximate surface area is 114 Å². The van der Waals surface area contributed by atoms with E-state index in [0.29, 0.717) is 0 Å². The molecule has 7 heteroatoms. The molecule has 1 heterocycles. The molecule has 0 bridgehead atoms. The summed E-state index contributed by atoms with van der Waals surface area (Å²) in [6.07, 6.45) is 3.32. The van der Waals surface area contributed by atoms with Crippen LogP contribution in [0.3, 0.4) is 0 Å². The van der Waals surface area contributed by atoms with Crippen molar-refractivity contribution < 1.29 is 4.74 Å². The maximum Gasteiger partial charge on any atom is 0.298 e.